The van der Waals surface area contributed by atoms with Gasteiger partial charge < -0.3 is 0 Å². The van der Waals surface area contributed by atoms with Crippen LogP contribution in [0.1, 0.15) is 0 Å². The smallest absolute Gasteiger partial charge is 0.141 e. The second-order valence-electron chi connectivity index (χ2n) is 2.80. The van der Waals surface area contributed by atoms with Gasteiger partial charge >= 0.3 is 0 Å². The number of rotatable bonds is 2. The normalized spacial score (nSPS) is 9.79. The highest BCUT2D eigenvalue weighted by Gasteiger charge is 2.04. The van der Waals surface area contributed by atoms with Crippen molar-refractivity contribution in [3.8, 4) is 0 Å². The number of anilines is 2. The number of hydrogen-bond donors (Lipinski definition) is 0. The molecule has 0 aliphatic carbocycles. The van der Waals surface area contributed by atoms with Gasteiger partial charge in [-0.3, -0.25) is 3.11 Å². The van der Waals surface area contributed by atoms with Crippen LogP contribution in [-0.2, 0) is 0 Å². The zero-order valence-corrected chi connectivity index (χ0v) is 9.63. The lowest BCUT2D eigenvalue weighted by atomic mass is 10.3. The molecule has 0 aliphatic rings. The molecule has 0 unspecified atom stereocenters. The van der Waals surface area contributed by atoms with E-state index in [0.717, 1.165) is 11.5 Å². The van der Waals surface area contributed by atoms with Gasteiger partial charge in [-0.25, -0.2) is 4.98 Å². The highest BCUT2D eigenvalue weighted by atomic mass is 127. The Labute approximate surface area is 97.1 Å². The maximum absolute atomic E-state index is 4.27. The molecule has 1 aromatic heterocycles. The van der Waals surface area contributed by atoms with Gasteiger partial charge in [-0.15, -0.1) is 0 Å². The standard InChI is InChI=1S/C11H9IN2/c12-14(10-6-2-1-3-7-10)11-8-4-5-9-13-11/h1-9H. The molecule has 14 heavy (non-hydrogen) atoms. The molecular weight excluding hydrogens is 287 g/mol. The molecule has 0 spiro atoms. The molecule has 0 saturated carbocycles. The molecule has 0 N–H and O–H groups in total. The first-order valence-electron chi connectivity index (χ1n) is 4.30. The highest BCUT2D eigenvalue weighted by molar-refractivity contribution is 14.1. The van der Waals surface area contributed by atoms with Gasteiger partial charge in [0, 0.05) is 6.20 Å². The molecule has 0 atom stereocenters. The average molecular weight is 296 g/mol. The maximum Gasteiger partial charge on any atom is 0.141 e. The Kier molecular flexibility index (Phi) is 2.98. The largest absolute Gasteiger partial charge is 0.267 e. The van der Waals surface area contributed by atoms with Crippen LogP contribution in [-0.4, -0.2) is 4.98 Å². The van der Waals surface area contributed by atoms with E-state index < -0.39 is 0 Å². The van der Waals surface area contributed by atoms with Gasteiger partial charge in [0.25, 0.3) is 0 Å². The molecule has 2 rings (SSSR count). The van der Waals surface area contributed by atoms with Crippen molar-refractivity contribution in [1.29, 1.82) is 0 Å². The summed E-state index contributed by atoms with van der Waals surface area (Å²) in [7, 11) is 0. The highest BCUT2D eigenvalue weighted by Crippen LogP contribution is 2.26. The van der Waals surface area contributed by atoms with Gasteiger partial charge in [0.05, 0.1) is 28.6 Å². The molecular formula is C11H9IN2. The van der Waals surface area contributed by atoms with Gasteiger partial charge in [0.15, 0.2) is 0 Å². The van der Waals surface area contributed by atoms with Gasteiger partial charge in [-0.05, 0) is 24.3 Å². The minimum absolute atomic E-state index is 0.944. The lowest BCUT2D eigenvalue weighted by Crippen LogP contribution is -2.01. The van der Waals surface area contributed by atoms with Crippen LogP contribution < -0.4 is 3.11 Å². The van der Waals surface area contributed by atoms with Crippen LogP contribution in [0.4, 0.5) is 11.5 Å². The van der Waals surface area contributed by atoms with Crippen molar-refractivity contribution in [2.24, 2.45) is 0 Å². The predicted molar refractivity (Wildman–Crippen MR) is 66.8 cm³/mol. The van der Waals surface area contributed by atoms with E-state index in [1.165, 1.54) is 0 Å². The Bertz CT molecular complexity index is 349. The fourth-order valence-corrected chi connectivity index (χ4v) is 1.77. The van der Waals surface area contributed by atoms with Gasteiger partial charge in [-0.2, -0.15) is 0 Å². The number of pyridine rings is 1. The fraction of sp³-hybridized carbons (Fsp3) is 0. The van der Waals surface area contributed by atoms with Crippen LogP contribution >= 0.6 is 22.9 Å². The molecule has 70 valence electrons. The lowest BCUT2D eigenvalue weighted by molar-refractivity contribution is 1.27. The van der Waals surface area contributed by atoms with Crippen LogP contribution in [0.15, 0.2) is 54.7 Å². The molecule has 0 saturated heterocycles. The molecule has 0 aliphatic heterocycles. The number of aromatic nitrogens is 1. The molecule has 0 radical (unpaired) electrons. The molecule has 3 heteroatoms. The third-order valence-electron chi connectivity index (χ3n) is 1.83. The van der Waals surface area contributed by atoms with Crippen LogP contribution in [0.2, 0.25) is 0 Å². The summed E-state index contributed by atoms with van der Waals surface area (Å²) in [6.07, 6.45) is 1.80. The lowest BCUT2D eigenvalue weighted by Gasteiger charge is -2.14. The summed E-state index contributed by atoms with van der Waals surface area (Å²) in [5.41, 5.74) is 1.13. The summed E-state index contributed by atoms with van der Waals surface area (Å²) in [6, 6.07) is 16.0. The SMILES string of the molecule is IN(c1ccccc1)c1ccccn1. The Morgan fingerprint density at radius 2 is 1.64 bits per heavy atom. The number of halogens is 1. The molecule has 1 heterocycles. The van der Waals surface area contributed by atoms with Crippen molar-refractivity contribution >= 4 is 34.4 Å². The van der Waals surface area contributed by atoms with Crippen molar-refractivity contribution in [3.05, 3.63) is 54.7 Å². The first-order chi connectivity index (χ1) is 6.88. The zero-order valence-electron chi connectivity index (χ0n) is 7.47. The van der Waals surface area contributed by atoms with Crippen LogP contribution in [0, 0.1) is 0 Å². The quantitative estimate of drug-likeness (QED) is 0.622. The number of nitrogens with zero attached hydrogens (tertiary/aromatic N) is 2. The van der Waals surface area contributed by atoms with Crippen LogP contribution in [0.5, 0.6) is 0 Å². The van der Waals surface area contributed by atoms with Crippen molar-refractivity contribution in [1.82, 2.24) is 4.98 Å². The van der Waals surface area contributed by atoms with Crippen LogP contribution in [0.3, 0.4) is 0 Å². The Morgan fingerprint density at radius 1 is 0.929 bits per heavy atom. The number of benzene rings is 1. The second kappa shape index (κ2) is 4.41. The Hall–Kier alpha value is -1.10. The zero-order chi connectivity index (χ0) is 9.80. The Morgan fingerprint density at radius 3 is 2.29 bits per heavy atom. The minimum atomic E-state index is 0.944. The molecule has 0 fully saturated rings. The summed E-state index contributed by atoms with van der Waals surface area (Å²) in [5.74, 6) is 0.944. The van der Waals surface area contributed by atoms with E-state index in [-0.39, 0.29) is 0 Å². The minimum Gasteiger partial charge on any atom is -0.267 e. The van der Waals surface area contributed by atoms with Gasteiger partial charge in [-0.1, -0.05) is 24.3 Å². The fourth-order valence-electron chi connectivity index (χ4n) is 1.16. The monoisotopic (exact) mass is 296 g/mol. The maximum atomic E-state index is 4.27. The molecule has 1 aromatic carbocycles. The van der Waals surface area contributed by atoms with Gasteiger partial charge in [0.1, 0.15) is 5.82 Å². The van der Waals surface area contributed by atoms with E-state index in [1.807, 2.05) is 39.5 Å². The van der Waals surface area contributed by atoms with Gasteiger partial charge in [0.2, 0.25) is 0 Å². The molecule has 0 bridgehead atoms. The topological polar surface area (TPSA) is 16.1 Å². The van der Waals surface area contributed by atoms with E-state index >= 15 is 0 Å². The van der Waals surface area contributed by atoms with Crippen molar-refractivity contribution < 1.29 is 0 Å². The first kappa shape index (κ1) is 9.45. The third-order valence-corrected chi connectivity index (χ3v) is 2.88. The average Bonchev–Trinajstić information content (AvgIpc) is 2.30. The summed E-state index contributed by atoms with van der Waals surface area (Å²) in [4.78, 5) is 4.27. The van der Waals surface area contributed by atoms with E-state index in [4.69, 9.17) is 0 Å². The molecule has 0 amide bonds. The van der Waals surface area contributed by atoms with Crippen molar-refractivity contribution in [2.45, 2.75) is 0 Å². The summed E-state index contributed by atoms with van der Waals surface area (Å²) in [5, 5.41) is 0. The number of para-hydroxylation sites is 1. The van der Waals surface area contributed by atoms with Crippen LogP contribution in [0.25, 0.3) is 0 Å². The Balaban J connectivity index is 2.30. The third kappa shape index (κ3) is 2.04. The first-order valence-corrected chi connectivity index (χ1v) is 5.26. The van der Waals surface area contributed by atoms with E-state index in [0.29, 0.717) is 0 Å². The van der Waals surface area contributed by atoms with E-state index in [1.54, 1.807) is 6.20 Å². The summed E-state index contributed by atoms with van der Waals surface area (Å²) in [6.45, 7) is 0. The molecule has 2 aromatic rings. The summed E-state index contributed by atoms with van der Waals surface area (Å²) < 4.78 is 2.03. The molecule has 2 nitrogen and oxygen atoms in total. The number of hydrogen-bond acceptors (Lipinski definition) is 2. The summed E-state index contributed by atoms with van der Waals surface area (Å²) >= 11 is 2.24. The van der Waals surface area contributed by atoms with E-state index in [9.17, 15) is 0 Å². The van der Waals surface area contributed by atoms with Crippen molar-refractivity contribution in [2.75, 3.05) is 3.11 Å². The van der Waals surface area contributed by atoms with Crippen molar-refractivity contribution in [3.63, 3.8) is 0 Å². The second-order valence-corrected chi connectivity index (χ2v) is 3.77. The predicted octanol–water partition coefficient (Wildman–Crippen LogP) is 3.57. The van der Waals surface area contributed by atoms with E-state index in [2.05, 4.69) is 40.0 Å².